The van der Waals surface area contributed by atoms with Crippen LogP contribution < -0.4 is 0 Å². The van der Waals surface area contributed by atoms with Crippen LogP contribution in [0.5, 0.6) is 0 Å². The lowest BCUT2D eigenvalue weighted by Gasteiger charge is -2.25. The molecular formula is C22H28O3. The monoisotopic (exact) mass is 340 g/mol. The Balaban J connectivity index is 1.61. The minimum atomic E-state index is -0.567. The summed E-state index contributed by atoms with van der Waals surface area (Å²) in [5.74, 6) is 1.22. The Bertz CT molecular complexity index is 632. The normalized spacial score (nSPS) is 30.6. The maximum absolute atomic E-state index is 10.4. The third-order valence-electron chi connectivity index (χ3n) is 5.38. The Morgan fingerprint density at radius 2 is 1.96 bits per heavy atom. The summed E-state index contributed by atoms with van der Waals surface area (Å²) in [6.07, 6.45) is 13.8. The first-order valence-corrected chi connectivity index (χ1v) is 9.25. The summed E-state index contributed by atoms with van der Waals surface area (Å²) in [5, 5.41) is 19.9. The van der Waals surface area contributed by atoms with Gasteiger partial charge >= 0.3 is 0 Å². The predicted octanol–water partition coefficient (Wildman–Crippen LogP) is 4.87. The molecule has 3 rings (SSSR count). The van der Waals surface area contributed by atoms with Crippen LogP contribution in [0.2, 0.25) is 0 Å². The minimum Gasteiger partial charge on any atom is -0.512 e. The highest BCUT2D eigenvalue weighted by Crippen LogP contribution is 2.46. The van der Waals surface area contributed by atoms with Gasteiger partial charge in [-0.1, -0.05) is 54.6 Å². The first-order valence-electron chi connectivity index (χ1n) is 9.25. The molecule has 3 nitrogen and oxygen atoms in total. The van der Waals surface area contributed by atoms with E-state index in [0.717, 1.165) is 24.8 Å². The van der Waals surface area contributed by atoms with Gasteiger partial charge in [-0.3, -0.25) is 0 Å². The molecule has 5 atom stereocenters. The van der Waals surface area contributed by atoms with Gasteiger partial charge in [0.1, 0.15) is 0 Å². The number of ether oxygens (including phenoxy) is 1. The van der Waals surface area contributed by atoms with E-state index in [4.69, 9.17) is 4.74 Å². The van der Waals surface area contributed by atoms with Crippen LogP contribution in [0.4, 0.5) is 0 Å². The van der Waals surface area contributed by atoms with Gasteiger partial charge in [0.25, 0.3) is 0 Å². The number of benzene rings is 1. The summed E-state index contributed by atoms with van der Waals surface area (Å²) >= 11 is 0. The molecule has 0 spiro atoms. The van der Waals surface area contributed by atoms with E-state index in [0.29, 0.717) is 30.1 Å². The number of rotatable bonds is 7. The lowest BCUT2D eigenvalue weighted by atomic mass is 9.77. The van der Waals surface area contributed by atoms with Gasteiger partial charge in [0, 0.05) is 12.3 Å². The molecule has 2 bridgehead atoms. The van der Waals surface area contributed by atoms with Crippen molar-refractivity contribution < 1.29 is 14.9 Å². The van der Waals surface area contributed by atoms with Crippen LogP contribution in [0, 0.1) is 11.8 Å². The van der Waals surface area contributed by atoms with E-state index >= 15 is 0 Å². The molecule has 0 radical (unpaired) electrons. The van der Waals surface area contributed by atoms with Crippen molar-refractivity contribution >= 4 is 0 Å². The van der Waals surface area contributed by atoms with Crippen molar-refractivity contribution in [3.63, 3.8) is 0 Å². The van der Waals surface area contributed by atoms with Gasteiger partial charge in [-0.2, -0.15) is 0 Å². The van der Waals surface area contributed by atoms with Gasteiger partial charge in [-0.05, 0) is 43.7 Å². The third-order valence-corrected chi connectivity index (χ3v) is 5.38. The van der Waals surface area contributed by atoms with E-state index in [-0.39, 0.29) is 6.10 Å². The summed E-state index contributed by atoms with van der Waals surface area (Å²) in [6.45, 7) is 1.84. The number of allylic oxidation sites excluding steroid dienone is 3. The van der Waals surface area contributed by atoms with E-state index in [2.05, 4.69) is 12.2 Å². The zero-order valence-corrected chi connectivity index (χ0v) is 14.8. The summed E-state index contributed by atoms with van der Waals surface area (Å²) in [7, 11) is 0. The minimum absolute atomic E-state index is 0.284. The zero-order valence-electron chi connectivity index (χ0n) is 14.8. The van der Waals surface area contributed by atoms with E-state index in [1.165, 1.54) is 0 Å². The largest absolute Gasteiger partial charge is 0.512 e. The summed E-state index contributed by atoms with van der Waals surface area (Å²) < 4.78 is 6.11. The Hall–Kier alpha value is -1.84. The molecule has 1 aromatic carbocycles. The first-order chi connectivity index (χ1) is 12.2. The molecule has 0 amide bonds. The number of aliphatic hydroxyl groups excluding tert-OH is 2. The van der Waals surface area contributed by atoms with Crippen LogP contribution in [0.1, 0.15) is 44.3 Å². The summed E-state index contributed by atoms with van der Waals surface area (Å²) in [6, 6.07) is 9.74. The topological polar surface area (TPSA) is 49.7 Å². The molecule has 0 saturated carbocycles. The van der Waals surface area contributed by atoms with Crippen LogP contribution in [0.3, 0.4) is 0 Å². The molecule has 2 aliphatic rings. The Morgan fingerprint density at radius 3 is 2.72 bits per heavy atom. The van der Waals surface area contributed by atoms with Crippen molar-refractivity contribution in [3.8, 4) is 0 Å². The predicted molar refractivity (Wildman–Crippen MR) is 100 cm³/mol. The first kappa shape index (κ1) is 18.0. The lowest BCUT2D eigenvalue weighted by Crippen LogP contribution is -2.25. The molecule has 3 heteroatoms. The quantitative estimate of drug-likeness (QED) is 0.550. The van der Waals surface area contributed by atoms with Gasteiger partial charge < -0.3 is 14.9 Å². The van der Waals surface area contributed by atoms with E-state index in [1.54, 1.807) is 6.08 Å². The molecule has 1 unspecified atom stereocenters. The molecule has 1 aromatic rings. The summed E-state index contributed by atoms with van der Waals surface area (Å²) in [4.78, 5) is 0. The Kier molecular flexibility index (Phi) is 6.11. The second kappa shape index (κ2) is 8.50. The molecule has 2 N–H and O–H groups in total. The molecule has 2 aliphatic heterocycles. The molecule has 25 heavy (non-hydrogen) atoms. The van der Waals surface area contributed by atoms with Gasteiger partial charge in [0.2, 0.25) is 0 Å². The van der Waals surface area contributed by atoms with Crippen LogP contribution in [0.25, 0.3) is 0 Å². The zero-order chi connectivity index (χ0) is 17.6. The Labute approximate surface area is 150 Å². The van der Waals surface area contributed by atoms with Crippen molar-refractivity contribution in [1.29, 1.82) is 0 Å². The highest BCUT2D eigenvalue weighted by Gasteiger charge is 2.46. The molecule has 2 saturated heterocycles. The maximum atomic E-state index is 10.4. The van der Waals surface area contributed by atoms with Gasteiger partial charge in [0.15, 0.2) is 0 Å². The van der Waals surface area contributed by atoms with Crippen molar-refractivity contribution in [2.24, 2.45) is 11.8 Å². The molecular weight excluding hydrogens is 312 g/mol. The third kappa shape index (κ3) is 4.42. The standard InChI is InChI=1S/C22H28O3/c1-2-17(23)10-6-7-11-18-19(22-15-14-21(18)25-22)12-13-20(24)16-8-4-3-5-9-16/h2-9,12-13,18-24H,10-11,14-15H2,1H3/b7-6-,13-12+,17-2+/t18-,19+,20?,21-,22+/m1/s1. The lowest BCUT2D eigenvalue weighted by molar-refractivity contribution is 0.0899. The summed E-state index contributed by atoms with van der Waals surface area (Å²) in [5.41, 5.74) is 0.918. The highest BCUT2D eigenvalue weighted by molar-refractivity contribution is 5.22. The SMILES string of the molecule is C/C=C(/O)C/C=C\C[C@@H]1[C@H](/C=C/C(O)c2ccccc2)[C@@H]2CC[C@H]1O2. The second-order valence-corrected chi connectivity index (χ2v) is 6.96. The van der Waals surface area contributed by atoms with Crippen molar-refractivity contribution in [3.05, 3.63) is 72.0 Å². The smallest absolute Gasteiger partial charge is 0.0971 e. The molecule has 0 aliphatic carbocycles. The molecule has 134 valence electrons. The van der Waals surface area contributed by atoms with Crippen LogP contribution in [-0.2, 0) is 4.74 Å². The average molecular weight is 340 g/mol. The fourth-order valence-corrected chi connectivity index (χ4v) is 3.96. The van der Waals surface area contributed by atoms with Crippen molar-refractivity contribution in [1.82, 2.24) is 0 Å². The second-order valence-electron chi connectivity index (χ2n) is 6.96. The molecule has 0 aromatic heterocycles. The number of hydrogen-bond acceptors (Lipinski definition) is 3. The number of hydrogen-bond donors (Lipinski definition) is 2. The molecule has 2 heterocycles. The maximum Gasteiger partial charge on any atom is 0.0971 e. The van der Waals surface area contributed by atoms with E-state index in [9.17, 15) is 10.2 Å². The van der Waals surface area contributed by atoms with Crippen molar-refractivity contribution in [2.75, 3.05) is 0 Å². The average Bonchev–Trinajstić information content (AvgIpc) is 3.25. The fourth-order valence-electron chi connectivity index (χ4n) is 3.96. The van der Waals surface area contributed by atoms with Crippen molar-refractivity contribution in [2.45, 2.75) is 50.9 Å². The molecule has 2 fully saturated rings. The van der Waals surface area contributed by atoms with Gasteiger partial charge in [0.05, 0.1) is 24.1 Å². The van der Waals surface area contributed by atoms with Crippen LogP contribution >= 0.6 is 0 Å². The highest BCUT2D eigenvalue weighted by atomic mass is 16.5. The van der Waals surface area contributed by atoms with Gasteiger partial charge in [-0.25, -0.2) is 0 Å². The van der Waals surface area contributed by atoms with E-state index < -0.39 is 6.10 Å². The van der Waals surface area contributed by atoms with Crippen LogP contribution in [0.15, 0.2) is 66.5 Å². The van der Waals surface area contributed by atoms with E-state index in [1.807, 2.05) is 49.4 Å². The number of aliphatic hydroxyl groups is 2. The van der Waals surface area contributed by atoms with Crippen LogP contribution in [-0.4, -0.2) is 22.4 Å². The van der Waals surface area contributed by atoms with Gasteiger partial charge in [-0.15, -0.1) is 0 Å². The fraction of sp³-hybridized carbons (Fsp3) is 0.455. The number of fused-ring (bicyclic) bond motifs is 2. The Morgan fingerprint density at radius 1 is 1.20 bits per heavy atom.